The number of thiocarbonyl (C=S) groups is 1. The molecule has 2 aromatic rings. The van der Waals surface area contributed by atoms with Crippen LogP contribution in [-0.2, 0) is 12.3 Å². The van der Waals surface area contributed by atoms with E-state index in [1.807, 2.05) is 30.3 Å². The average Bonchev–Trinajstić information content (AvgIpc) is 2.63. The zero-order chi connectivity index (χ0) is 16.8. The van der Waals surface area contributed by atoms with Gasteiger partial charge >= 0.3 is 0 Å². The van der Waals surface area contributed by atoms with Gasteiger partial charge in [-0.2, -0.15) is 5.10 Å². The molecule has 24 heavy (non-hydrogen) atoms. The van der Waals surface area contributed by atoms with Crippen molar-refractivity contribution in [1.82, 2.24) is 14.7 Å². The smallest absolute Gasteiger partial charge is 0.267 e. The van der Waals surface area contributed by atoms with E-state index in [-0.39, 0.29) is 5.56 Å². The number of thioether (sulfide) groups is 1. The zero-order valence-electron chi connectivity index (χ0n) is 13.6. The van der Waals surface area contributed by atoms with Gasteiger partial charge in [0.05, 0.1) is 12.7 Å². The summed E-state index contributed by atoms with van der Waals surface area (Å²) < 4.78 is 2.43. The van der Waals surface area contributed by atoms with Crippen molar-refractivity contribution in [2.24, 2.45) is 0 Å². The maximum absolute atomic E-state index is 12.2. The van der Waals surface area contributed by atoms with Crippen molar-refractivity contribution >= 4 is 28.3 Å². The Kier molecular flexibility index (Phi) is 6.04. The van der Waals surface area contributed by atoms with Gasteiger partial charge in [-0.05, 0) is 30.4 Å². The summed E-state index contributed by atoms with van der Waals surface area (Å²) in [5.41, 5.74) is 1.93. The number of piperidine rings is 1. The standard InChI is InChI=1S/C18H21N3OS2/c22-17-11-16(14-24-18(23)20-9-5-2-6-10-20)12-19-21(17)13-15-7-3-1-4-8-15/h1,3-4,7-8,11-12H,2,5-6,9-10,13-14H2. The third-order valence-corrected chi connectivity index (χ3v) is 5.67. The summed E-state index contributed by atoms with van der Waals surface area (Å²) in [6, 6.07) is 11.6. The summed E-state index contributed by atoms with van der Waals surface area (Å²) in [6.07, 6.45) is 5.51. The first-order chi connectivity index (χ1) is 11.7. The summed E-state index contributed by atoms with van der Waals surface area (Å²) in [5, 5.41) is 4.30. The van der Waals surface area contributed by atoms with Crippen molar-refractivity contribution in [3.63, 3.8) is 0 Å². The van der Waals surface area contributed by atoms with Gasteiger partial charge in [0.1, 0.15) is 4.32 Å². The predicted molar refractivity (Wildman–Crippen MR) is 103 cm³/mol. The van der Waals surface area contributed by atoms with E-state index in [9.17, 15) is 4.79 Å². The molecular formula is C18H21N3OS2. The molecule has 0 radical (unpaired) electrons. The van der Waals surface area contributed by atoms with Crippen molar-refractivity contribution in [2.75, 3.05) is 13.1 Å². The predicted octanol–water partition coefficient (Wildman–Crippen LogP) is 3.30. The molecule has 126 valence electrons. The number of benzene rings is 1. The van der Waals surface area contributed by atoms with E-state index >= 15 is 0 Å². The summed E-state index contributed by atoms with van der Waals surface area (Å²) in [7, 11) is 0. The van der Waals surface area contributed by atoms with Gasteiger partial charge in [0.2, 0.25) is 0 Å². The fourth-order valence-corrected chi connectivity index (χ4v) is 3.91. The Balaban J connectivity index is 1.58. The number of rotatable bonds is 4. The number of likely N-dealkylation sites (tertiary alicyclic amines) is 1. The van der Waals surface area contributed by atoms with E-state index in [2.05, 4.69) is 10.00 Å². The van der Waals surface area contributed by atoms with Crippen molar-refractivity contribution in [3.8, 4) is 0 Å². The van der Waals surface area contributed by atoms with E-state index in [1.54, 1.807) is 24.0 Å². The quantitative estimate of drug-likeness (QED) is 0.783. The van der Waals surface area contributed by atoms with Gasteiger partial charge in [0.25, 0.3) is 5.56 Å². The summed E-state index contributed by atoms with van der Waals surface area (Å²) in [6.45, 7) is 2.62. The minimum Gasteiger partial charge on any atom is -0.358 e. The van der Waals surface area contributed by atoms with Crippen LogP contribution in [0.1, 0.15) is 30.4 Å². The van der Waals surface area contributed by atoms with Gasteiger partial charge in [0, 0.05) is 24.9 Å². The molecule has 3 rings (SSSR count). The molecule has 1 aliphatic rings. The van der Waals surface area contributed by atoms with Crippen LogP contribution in [0, 0.1) is 0 Å². The summed E-state index contributed by atoms with van der Waals surface area (Å²) in [4.78, 5) is 14.5. The lowest BCUT2D eigenvalue weighted by molar-refractivity contribution is 0.352. The first kappa shape index (κ1) is 17.2. The highest BCUT2D eigenvalue weighted by Crippen LogP contribution is 2.19. The van der Waals surface area contributed by atoms with Gasteiger partial charge in [-0.15, -0.1) is 0 Å². The molecule has 1 saturated heterocycles. The number of hydrogen-bond acceptors (Lipinski definition) is 4. The van der Waals surface area contributed by atoms with Crippen LogP contribution in [0.25, 0.3) is 0 Å². The molecule has 1 fully saturated rings. The van der Waals surface area contributed by atoms with Gasteiger partial charge in [-0.3, -0.25) is 4.79 Å². The Labute approximate surface area is 151 Å². The van der Waals surface area contributed by atoms with Crippen LogP contribution in [0.5, 0.6) is 0 Å². The van der Waals surface area contributed by atoms with E-state index in [0.717, 1.165) is 28.5 Å². The monoisotopic (exact) mass is 359 g/mol. The highest BCUT2D eigenvalue weighted by atomic mass is 32.2. The molecule has 1 aromatic heterocycles. The van der Waals surface area contributed by atoms with Crippen LogP contribution in [0.15, 0.2) is 47.4 Å². The van der Waals surface area contributed by atoms with Crippen LogP contribution in [0.4, 0.5) is 0 Å². The molecule has 0 unspecified atom stereocenters. The lowest BCUT2D eigenvalue weighted by atomic mass is 10.1. The van der Waals surface area contributed by atoms with E-state index in [0.29, 0.717) is 12.3 Å². The summed E-state index contributed by atoms with van der Waals surface area (Å²) >= 11 is 7.13. The third-order valence-electron chi connectivity index (χ3n) is 4.08. The second-order valence-corrected chi connectivity index (χ2v) is 7.56. The largest absolute Gasteiger partial charge is 0.358 e. The maximum Gasteiger partial charge on any atom is 0.267 e. The van der Waals surface area contributed by atoms with E-state index in [4.69, 9.17) is 12.2 Å². The Morgan fingerprint density at radius 2 is 1.88 bits per heavy atom. The second-order valence-electron chi connectivity index (χ2n) is 5.95. The third kappa shape index (κ3) is 4.68. The summed E-state index contributed by atoms with van der Waals surface area (Å²) in [5.74, 6) is 0.698. The van der Waals surface area contributed by atoms with Crippen molar-refractivity contribution in [3.05, 3.63) is 64.1 Å². The highest BCUT2D eigenvalue weighted by molar-refractivity contribution is 8.22. The van der Waals surface area contributed by atoms with Gasteiger partial charge in [-0.25, -0.2) is 4.68 Å². The van der Waals surface area contributed by atoms with E-state index in [1.165, 1.54) is 23.9 Å². The average molecular weight is 360 g/mol. The Morgan fingerprint density at radius 3 is 2.58 bits per heavy atom. The van der Waals surface area contributed by atoms with Crippen molar-refractivity contribution in [1.29, 1.82) is 0 Å². The van der Waals surface area contributed by atoms with Gasteiger partial charge in [0.15, 0.2) is 0 Å². The fraction of sp³-hybridized carbons (Fsp3) is 0.389. The number of hydrogen-bond donors (Lipinski definition) is 0. The molecule has 0 bridgehead atoms. The van der Waals surface area contributed by atoms with Crippen molar-refractivity contribution in [2.45, 2.75) is 31.6 Å². The highest BCUT2D eigenvalue weighted by Gasteiger charge is 2.14. The molecule has 0 aliphatic carbocycles. The van der Waals surface area contributed by atoms with Crippen LogP contribution in [0.3, 0.4) is 0 Å². The van der Waals surface area contributed by atoms with Crippen LogP contribution < -0.4 is 5.56 Å². The number of aromatic nitrogens is 2. The molecule has 0 saturated carbocycles. The molecule has 0 spiro atoms. The molecule has 0 N–H and O–H groups in total. The molecular weight excluding hydrogens is 338 g/mol. The zero-order valence-corrected chi connectivity index (χ0v) is 15.2. The van der Waals surface area contributed by atoms with Crippen LogP contribution in [0.2, 0.25) is 0 Å². The Hall–Kier alpha value is -1.66. The lowest BCUT2D eigenvalue weighted by Crippen LogP contribution is -2.32. The normalized spacial score (nSPS) is 14.6. The minimum atomic E-state index is -0.0687. The second kappa shape index (κ2) is 8.44. The molecule has 1 aliphatic heterocycles. The van der Waals surface area contributed by atoms with Crippen LogP contribution in [-0.4, -0.2) is 32.1 Å². The lowest BCUT2D eigenvalue weighted by Gasteiger charge is -2.28. The first-order valence-corrected chi connectivity index (χ1v) is 9.63. The SMILES string of the molecule is O=c1cc(CSC(=S)N2CCCCC2)cnn1Cc1ccccc1. The fourth-order valence-electron chi connectivity index (χ4n) is 2.74. The van der Waals surface area contributed by atoms with Gasteiger partial charge < -0.3 is 4.90 Å². The maximum atomic E-state index is 12.2. The molecule has 2 heterocycles. The van der Waals surface area contributed by atoms with Crippen LogP contribution >= 0.6 is 24.0 Å². The first-order valence-electron chi connectivity index (χ1n) is 8.24. The topological polar surface area (TPSA) is 38.1 Å². The Bertz CT molecular complexity index is 739. The molecule has 4 nitrogen and oxygen atoms in total. The molecule has 0 amide bonds. The Morgan fingerprint density at radius 1 is 1.12 bits per heavy atom. The van der Waals surface area contributed by atoms with E-state index < -0.39 is 0 Å². The molecule has 6 heteroatoms. The molecule has 1 aromatic carbocycles. The van der Waals surface area contributed by atoms with Gasteiger partial charge in [-0.1, -0.05) is 54.3 Å². The molecule has 0 atom stereocenters. The number of nitrogens with zero attached hydrogens (tertiary/aromatic N) is 3. The van der Waals surface area contributed by atoms with Crippen molar-refractivity contribution < 1.29 is 0 Å². The minimum absolute atomic E-state index is 0.0687.